The number of hydrogen-bond donors (Lipinski definition) is 0. The van der Waals surface area contributed by atoms with E-state index in [0.29, 0.717) is 0 Å². The summed E-state index contributed by atoms with van der Waals surface area (Å²) in [5.74, 6) is -0.447. The van der Waals surface area contributed by atoms with Gasteiger partial charge >= 0.3 is 12.7 Å². The largest absolute Gasteiger partial charge is 0.466 e. The highest BCUT2D eigenvalue weighted by molar-refractivity contribution is 7.49. The average molecular weight is 256 g/mol. The molecule has 0 aromatic carbocycles. The monoisotopic (exact) mass is 254 g/mol. The summed E-state index contributed by atoms with van der Waals surface area (Å²) in [7, 11) is 0. The maximum Gasteiger partial charge on any atom is 0.319 e. The molecule has 0 aromatic heterocycles. The lowest BCUT2D eigenvalue weighted by atomic mass is 10.8. The summed E-state index contributed by atoms with van der Waals surface area (Å²) in [6.07, 6.45) is -0.0802. The van der Waals surface area contributed by atoms with Crippen LogP contribution in [0.2, 0.25) is 0 Å². The maximum atomic E-state index is 10.3. The Morgan fingerprint density at radius 1 is 1.55 bits per heavy atom. The van der Waals surface area contributed by atoms with E-state index in [9.17, 15) is 4.79 Å². The molecule has 2 nitrogen and oxygen atoms in total. The van der Waals surface area contributed by atoms with E-state index in [1.165, 1.54) is 6.92 Å². The lowest BCUT2D eigenvalue weighted by Crippen LogP contribution is -2.36. The molecule has 0 bridgehead atoms. The van der Waals surface area contributed by atoms with Crippen LogP contribution in [0.15, 0.2) is 0 Å². The number of carbonyl (C=O) groups excluding carboxylic acids is 1. The van der Waals surface area contributed by atoms with Gasteiger partial charge < -0.3 is 4.74 Å². The van der Waals surface area contributed by atoms with E-state index >= 15 is 0 Å². The molecule has 0 heterocycles. The number of carbonyl (C=O) groups is 1. The summed E-state index contributed by atoms with van der Waals surface area (Å²) in [5, 5.41) is 0. The summed E-state index contributed by atoms with van der Waals surface area (Å²) in [6.45, 7) is -1.55. The Labute approximate surface area is 85.1 Å². The van der Waals surface area contributed by atoms with E-state index in [-0.39, 0.29) is 6.23 Å². The zero-order valence-corrected chi connectivity index (χ0v) is 9.64. The predicted octanol–water partition coefficient (Wildman–Crippen LogP) is 2.35. The van der Waals surface area contributed by atoms with E-state index in [4.69, 9.17) is 45.4 Å². The van der Waals surface area contributed by atoms with Crippen molar-refractivity contribution in [1.82, 2.24) is 0 Å². The van der Waals surface area contributed by atoms with E-state index < -0.39 is 17.1 Å². The molecular formula is C4H6Cl4O2Si. The zero-order valence-electron chi connectivity index (χ0n) is 5.61. The van der Waals surface area contributed by atoms with Gasteiger partial charge in [0.05, 0.1) is 0 Å². The number of rotatable bonds is 3. The molecule has 0 saturated carbocycles. The third-order valence-electron chi connectivity index (χ3n) is 0.787. The fourth-order valence-electron chi connectivity index (χ4n) is 0.261. The standard InChI is InChI=1S/C4H6Cl4O2Si/c1-3(9)10-2-11(7,8)4(5)6/h4H,2H2,1H3. The minimum atomic E-state index is -2.81. The SMILES string of the molecule is CC(=O)OC[Si](Cl)(Cl)C(Cl)Cl. The smallest absolute Gasteiger partial charge is 0.319 e. The molecule has 0 atom stereocenters. The second-order valence-electron chi connectivity index (χ2n) is 1.84. The first-order chi connectivity index (χ1) is 4.86. The van der Waals surface area contributed by atoms with Crippen molar-refractivity contribution in [3.63, 3.8) is 0 Å². The first kappa shape index (κ1) is 11.8. The van der Waals surface area contributed by atoms with E-state index in [1.807, 2.05) is 0 Å². The van der Waals surface area contributed by atoms with Gasteiger partial charge in [0.25, 0.3) is 0 Å². The predicted molar refractivity (Wildman–Crippen MR) is 49.6 cm³/mol. The van der Waals surface area contributed by atoms with Gasteiger partial charge in [-0.15, -0.1) is 45.4 Å². The van der Waals surface area contributed by atoms with Gasteiger partial charge in [0, 0.05) is 6.92 Å². The van der Waals surface area contributed by atoms with Crippen LogP contribution in [0.3, 0.4) is 0 Å². The second-order valence-corrected chi connectivity index (χ2v) is 10.7. The molecule has 0 aromatic rings. The highest BCUT2D eigenvalue weighted by atomic mass is 35.7. The van der Waals surface area contributed by atoms with Crippen LogP contribution in [-0.2, 0) is 9.53 Å². The molecule has 0 fully saturated rings. The molecule has 0 amide bonds. The third-order valence-corrected chi connectivity index (χ3v) is 7.49. The van der Waals surface area contributed by atoms with Crippen LogP contribution in [0, 0.1) is 0 Å². The topological polar surface area (TPSA) is 26.3 Å². The first-order valence-electron chi connectivity index (χ1n) is 2.65. The molecule has 0 saturated heterocycles. The van der Waals surface area contributed by atoms with Crippen molar-refractivity contribution in [3.8, 4) is 0 Å². The van der Waals surface area contributed by atoms with Gasteiger partial charge in [-0.25, -0.2) is 0 Å². The van der Waals surface area contributed by atoms with Crippen molar-refractivity contribution in [2.24, 2.45) is 0 Å². The summed E-state index contributed by atoms with van der Waals surface area (Å²) in [4.78, 5) is 10.3. The van der Waals surface area contributed by atoms with Gasteiger partial charge in [-0.1, -0.05) is 0 Å². The number of alkyl halides is 2. The fourth-order valence-corrected chi connectivity index (χ4v) is 1.49. The Kier molecular flexibility index (Phi) is 5.14. The highest BCUT2D eigenvalue weighted by Crippen LogP contribution is 2.26. The Bertz CT molecular complexity index is 149. The zero-order chi connectivity index (χ0) is 9.07. The number of hydrogen-bond acceptors (Lipinski definition) is 2. The molecule has 7 heteroatoms. The number of esters is 1. The van der Waals surface area contributed by atoms with Crippen molar-refractivity contribution in [2.45, 2.75) is 11.4 Å². The molecule has 0 aliphatic carbocycles. The van der Waals surface area contributed by atoms with Crippen LogP contribution in [-0.4, -0.2) is 23.4 Å². The van der Waals surface area contributed by atoms with Gasteiger partial charge in [-0.05, 0) is 0 Å². The molecule has 0 aliphatic heterocycles. The molecule has 0 N–H and O–H groups in total. The second kappa shape index (κ2) is 4.77. The fraction of sp³-hybridized carbons (Fsp3) is 0.750. The van der Waals surface area contributed by atoms with Crippen LogP contribution < -0.4 is 0 Å². The van der Waals surface area contributed by atoms with Gasteiger partial charge in [0.2, 0.25) is 0 Å². The Balaban J connectivity index is 3.82. The normalized spacial score (nSPS) is 11.8. The molecule has 0 unspecified atom stereocenters. The third kappa shape index (κ3) is 5.14. The van der Waals surface area contributed by atoms with Crippen molar-refractivity contribution in [1.29, 1.82) is 0 Å². The molecule has 0 rings (SSSR count). The minimum Gasteiger partial charge on any atom is -0.466 e. The summed E-state index contributed by atoms with van der Waals surface area (Å²) >= 11 is 22.2. The molecule has 0 spiro atoms. The van der Waals surface area contributed by atoms with Crippen molar-refractivity contribution >= 4 is 58.0 Å². The van der Waals surface area contributed by atoms with Gasteiger partial charge in [0.1, 0.15) is 10.7 Å². The van der Waals surface area contributed by atoms with Gasteiger partial charge in [-0.2, -0.15) is 0 Å². The van der Waals surface area contributed by atoms with Crippen LogP contribution in [0.25, 0.3) is 0 Å². The van der Waals surface area contributed by atoms with Crippen LogP contribution in [0.4, 0.5) is 0 Å². The van der Waals surface area contributed by atoms with E-state index in [2.05, 4.69) is 4.74 Å². The molecular weight excluding hydrogens is 250 g/mol. The van der Waals surface area contributed by atoms with Gasteiger partial charge in [0.15, 0.2) is 0 Å². The summed E-state index contributed by atoms with van der Waals surface area (Å²) in [5.41, 5.74) is 0. The summed E-state index contributed by atoms with van der Waals surface area (Å²) < 4.78 is 3.70. The number of ether oxygens (including phenoxy) is 1. The maximum absolute atomic E-state index is 10.3. The Morgan fingerprint density at radius 3 is 2.27 bits per heavy atom. The molecule has 11 heavy (non-hydrogen) atoms. The lowest BCUT2D eigenvalue weighted by molar-refractivity contribution is -0.139. The Morgan fingerprint density at radius 2 is 2.00 bits per heavy atom. The van der Waals surface area contributed by atoms with Gasteiger partial charge in [-0.3, -0.25) is 4.79 Å². The highest BCUT2D eigenvalue weighted by Gasteiger charge is 2.38. The molecule has 0 radical (unpaired) electrons. The quantitative estimate of drug-likeness (QED) is 0.335. The van der Waals surface area contributed by atoms with Crippen LogP contribution in [0.1, 0.15) is 6.92 Å². The molecule has 0 aliphatic rings. The first-order valence-corrected chi connectivity index (χ1v) is 7.83. The molecule has 66 valence electrons. The van der Waals surface area contributed by atoms with E-state index in [0.717, 1.165) is 0 Å². The number of halogens is 4. The van der Waals surface area contributed by atoms with Crippen LogP contribution >= 0.6 is 45.4 Å². The Hall–Kier alpha value is 0.847. The lowest BCUT2D eigenvalue weighted by Gasteiger charge is -2.16. The van der Waals surface area contributed by atoms with Crippen molar-refractivity contribution in [2.75, 3.05) is 6.23 Å². The van der Waals surface area contributed by atoms with Crippen molar-refractivity contribution in [3.05, 3.63) is 0 Å². The van der Waals surface area contributed by atoms with Crippen molar-refractivity contribution < 1.29 is 9.53 Å². The van der Waals surface area contributed by atoms with Crippen LogP contribution in [0.5, 0.6) is 0 Å². The summed E-state index contributed by atoms with van der Waals surface area (Å²) in [6, 6.07) is 0. The average Bonchev–Trinajstić information content (AvgIpc) is 1.84. The van der Waals surface area contributed by atoms with E-state index in [1.54, 1.807) is 0 Å². The minimum absolute atomic E-state index is 0.0802.